The van der Waals surface area contributed by atoms with E-state index in [4.69, 9.17) is 10.5 Å². The van der Waals surface area contributed by atoms with Gasteiger partial charge >= 0.3 is 0 Å². The highest BCUT2D eigenvalue weighted by Gasteiger charge is 2.32. The van der Waals surface area contributed by atoms with Crippen molar-refractivity contribution in [2.24, 2.45) is 5.73 Å². The molecule has 1 aromatic carbocycles. The van der Waals surface area contributed by atoms with Gasteiger partial charge < -0.3 is 10.5 Å². The molecule has 0 bridgehead atoms. The van der Waals surface area contributed by atoms with Crippen molar-refractivity contribution in [3.63, 3.8) is 0 Å². The molecule has 3 heteroatoms. The minimum absolute atomic E-state index is 0.0496. The van der Waals surface area contributed by atoms with E-state index in [-0.39, 0.29) is 5.54 Å². The number of nitrogens with two attached hydrogens (primary N) is 1. The Morgan fingerprint density at radius 2 is 2.20 bits per heavy atom. The number of benzene rings is 1. The lowest BCUT2D eigenvalue weighted by molar-refractivity contribution is 0.247. The lowest BCUT2D eigenvalue weighted by Gasteiger charge is -2.38. The maximum absolute atomic E-state index is 6.21. The third-order valence-corrected chi connectivity index (χ3v) is 3.74. The smallest absolute Gasteiger partial charge is 0.133 e. The highest BCUT2D eigenvalue weighted by molar-refractivity contribution is 9.10. The van der Waals surface area contributed by atoms with Gasteiger partial charge in [0.15, 0.2) is 0 Å². The number of ether oxygens (including phenoxy) is 1. The summed E-state index contributed by atoms with van der Waals surface area (Å²) in [5.74, 6) is 0.874. The van der Waals surface area contributed by atoms with E-state index in [0.29, 0.717) is 0 Å². The second-order valence-electron chi connectivity index (χ2n) is 4.36. The first-order valence-electron chi connectivity index (χ1n) is 5.24. The summed E-state index contributed by atoms with van der Waals surface area (Å²) in [5, 5.41) is 0. The van der Waals surface area contributed by atoms with E-state index < -0.39 is 0 Å². The topological polar surface area (TPSA) is 35.2 Å². The predicted molar refractivity (Wildman–Crippen MR) is 65.2 cm³/mol. The summed E-state index contributed by atoms with van der Waals surface area (Å²) in [7, 11) is 1.68. The van der Waals surface area contributed by atoms with Crippen LogP contribution in [-0.2, 0) is 6.42 Å². The van der Waals surface area contributed by atoms with Gasteiger partial charge in [-0.15, -0.1) is 0 Å². The first-order valence-corrected chi connectivity index (χ1v) is 6.04. The molecule has 1 saturated carbocycles. The molecule has 0 radical (unpaired) electrons. The van der Waals surface area contributed by atoms with E-state index in [2.05, 4.69) is 28.1 Å². The zero-order valence-corrected chi connectivity index (χ0v) is 10.5. The van der Waals surface area contributed by atoms with Crippen LogP contribution >= 0.6 is 15.9 Å². The van der Waals surface area contributed by atoms with Gasteiger partial charge in [0, 0.05) is 5.54 Å². The fourth-order valence-electron chi connectivity index (χ4n) is 2.03. The van der Waals surface area contributed by atoms with Gasteiger partial charge in [0.25, 0.3) is 0 Å². The molecule has 0 spiro atoms. The number of methoxy groups -OCH3 is 1. The Morgan fingerprint density at radius 1 is 1.47 bits per heavy atom. The van der Waals surface area contributed by atoms with Crippen molar-refractivity contribution >= 4 is 15.9 Å². The maximum atomic E-state index is 6.21. The zero-order valence-electron chi connectivity index (χ0n) is 8.92. The van der Waals surface area contributed by atoms with Gasteiger partial charge in [-0.3, -0.25) is 0 Å². The van der Waals surface area contributed by atoms with Crippen LogP contribution in [0.5, 0.6) is 5.75 Å². The van der Waals surface area contributed by atoms with E-state index >= 15 is 0 Å². The Balaban J connectivity index is 2.12. The van der Waals surface area contributed by atoms with E-state index in [0.717, 1.165) is 29.5 Å². The molecule has 1 fully saturated rings. The van der Waals surface area contributed by atoms with Crippen molar-refractivity contribution < 1.29 is 4.74 Å². The van der Waals surface area contributed by atoms with Gasteiger partial charge in [0.2, 0.25) is 0 Å². The number of halogens is 1. The van der Waals surface area contributed by atoms with Gasteiger partial charge in [0.05, 0.1) is 11.6 Å². The molecule has 2 nitrogen and oxygen atoms in total. The van der Waals surface area contributed by atoms with Gasteiger partial charge in [-0.2, -0.15) is 0 Å². The molecule has 2 rings (SSSR count). The maximum Gasteiger partial charge on any atom is 0.133 e. The molecule has 2 N–H and O–H groups in total. The Morgan fingerprint density at radius 3 is 2.67 bits per heavy atom. The summed E-state index contributed by atoms with van der Waals surface area (Å²) in [4.78, 5) is 0. The fourth-order valence-corrected chi connectivity index (χ4v) is 2.62. The zero-order chi connectivity index (χ0) is 10.9. The second-order valence-corrected chi connectivity index (χ2v) is 5.22. The van der Waals surface area contributed by atoms with E-state index in [1.54, 1.807) is 7.11 Å². The number of hydrogen-bond donors (Lipinski definition) is 1. The lowest BCUT2D eigenvalue weighted by atomic mass is 9.74. The molecule has 0 aliphatic heterocycles. The molecule has 1 aliphatic carbocycles. The van der Waals surface area contributed by atoms with Crippen molar-refractivity contribution in [2.75, 3.05) is 7.11 Å². The highest BCUT2D eigenvalue weighted by Crippen LogP contribution is 2.34. The van der Waals surface area contributed by atoms with E-state index in [1.807, 2.05) is 6.07 Å². The van der Waals surface area contributed by atoms with E-state index in [1.165, 1.54) is 12.0 Å². The molecule has 1 aromatic rings. The number of rotatable bonds is 3. The summed E-state index contributed by atoms with van der Waals surface area (Å²) in [6.45, 7) is 0. The second kappa shape index (κ2) is 4.14. The molecule has 0 unspecified atom stereocenters. The molecule has 15 heavy (non-hydrogen) atoms. The summed E-state index contributed by atoms with van der Waals surface area (Å²) in [6, 6.07) is 6.18. The molecule has 1 aliphatic rings. The van der Waals surface area contributed by atoms with Gasteiger partial charge in [0.1, 0.15) is 5.75 Å². The lowest BCUT2D eigenvalue weighted by Crippen LogP contribution is -2.48. The summed E-state index contributed by atoms with van der Waals surface area (Å²) < 4.78 is 6.20. The van der Waals surface area contributed by atoms with Gasteiger partial charge in [-0.05, 0) is 59.3 Å². The van der Waals surface area contributed by atoms with Crippen LogP contribution in [0.25, 0.3) is 0 Å². The SMILES string of the molecule is COc1ccc(CC2(N)CCC2)cc1Br. The molecule has 82 valence electrons. The van der Waals surface area contributed by atoms with Crippen LogP contribution in [-0.4, -0.2) is 12.6 Å². The quantitative estimate of drug-likeness (QED) is 0.916. The third kappa shape index (κ3) is 2.34. The van der Waals surface area contributed by atoms with Crippen molar-refractivity contribution in [1.82, 2.24) is 0 Å². The molecule has 0 atom stereocenters. The molecular weight excluding hydrogens is 254 g/mol. The van der Waals surface area contributed by atoms with Crippen LogP contribution in [0.15, 0.2) is 22.7 Å². The summed E-state index contributed by atoms with van der Waals surface area (Å²) in [6.07, 6.45) is 4.54. The average molecular weight is 270 g/mol. The predicted octanol–water partition coefficient (Wildman–Crippen LogP) is 2.88. The Labute approximate surface area is 98.9 Å². The van der Waals surface area contributed by atoms with Crippen LogP contribution in [0, 0.1) is 0 Å². The summed E-state index contributed by atoms with van der Waals surface area (Å²) in [5.41, 5.74) is 7.54. The fraction of sp³-hybridized carbons (Fsp3) is 0.500. The molecule has 0 saturated heterocycles. The molecular formula is C12H16BrNO. The first-order chi connectivity index (χ1) is 7.13. The van der Waals surface area contributed by atoms with Crippen LogP contribution in [0.4, 0.5) is 0 Å². The largest absolute Gasteiger partial charge is 0.496 e. The van der Waals surface area contributed by atoms with Crippen molar-refractivity contribution in [3.05, 3.63) is 28.2 Å². The van der Waals surface area contributed by atoms with Crippen molar-refractivity contribution in [2.45, 2.75) is 31.2 Å². The first kappa shape index (κ1) is 11.0. The van der Waals surface area contributed by atoms with Gasteiger partial charge in [-0.25, -0.2) is 0 Å². The van der Waals surface area contributed by atoms with E-state index in [9.17, 15) is 0 Å². The Hall–Kier alpha value is -0.540. The third-order valence-electron chi connectivity index (χ3n) is 3.12. The van der Waals surface area contributed by atoms with Crippen LogP contribution in [0.3, 0.4) is 0 Å². The standard InChI is InChI=1S/C12H16BrNO/c1-15-11-4-3-9(7-10(11)13)8-12(14)5-2-6-12/h3-4,7H,2,5-6,8,14H2,1H3. The number of hydrogen-bond acceptors (Lipinski definition) is 2. The average Bonchev–Trinajstić information content (AvgIpc) is 2.16. The van der Waals surface area contributed by atoms with Crippen LogP contribution in [0.2, 0.25) is 0 Å². The van der Waals surface area contributed by atoms with Crippen LogP contribution in [0.1, 0.15) is 24.8 Å². The Bertz CT molecular complexity index is 361. The van der Waals surface area contributed by atoms with Crippen molar-refractivity contribution in [1.29, 1.82) is 0 Å². The van der Waals surface area contributed by atoms with Crippen LogP contribution < -0.4 is 10.5 Å². The normalized spacial score (nSPS) is 18.3. The monoisotopic (exact) mass is 269 g/mol. The van der Waals surface area contributed by atoms with Gasteiger partial charge in [-0.1, -0.05) is 6.07 Å². The minimum Gasteiger partial charge on any atom is -0.496 e. The van der Waals surface area contributed by atoms with Crippen molar-refractivity contribution in [3.8, 4) is 5.75 Å². The molecule has 0 heterocycles. The Kier molecular flexibility index (Phi) is 3.03. The molecule has 0 amide bonds. The highest BCUT2D eigenvalue weighted by atomic mass is 79.9. The molecule has 0 aromatic heterocycles. The minimum atomic E-state index is 0.0496. The summed E-state index contributed by atoms with van der Waals surface area (Å²) >= 11 is 3.49.